The number of carbonyl (C=O) groups excluding carboxylic acids is 7. The highest BCUT2D eigenvalue weighted by molar-refractivity contribution is 8.00. The molecule has 20 heteroatoms. The van der Waals surface area contributed by atoms with Crippen LogP contribution in [-0.2, 0) is 38.4 Å². The molecule has 3 unspecified atom stereocenters. The van der Waals surface area contributed by atoms with Crippen molar-refractivity contribution >= 4 is 65.6 Å². The van der Waals surface area contributed by atoms with Gasteiger partial charge in [-0.1, -0.05) is 0 Å². The number of ketones is 2. The molecule has 1 saturated carbocycles. The summed E-state index contributed by atoms with van der Waals surface area (Å²) in [4.78, 5) is 91.9. The molecule has 0 bridgehead atoms. The molecule has 4 amide bonds. The van der Waals surface area contributed by atoms with Crippen molar-refractivity contribution in [3.05, 3.63) is 0 Å². The van der Waals surface area contributed by atoms with E-state index >= 15 is 0 Å². The van der Waals surface area contributed by atoms with Gasteiger partial charge in [-0.3, -0.25) is 43.5 Å². The number of thioether (sulfide) groups is 1. The van der Waals surface area contributed by atoms with Crippen LogP contribution < -0.4 is 0 Å². The topological polar surface area (TPSA) is 142 Å². The second-order valence-corrected chi connectivity index (χ2v) is 15.7. The monoisotopic (exact) mass is 820 g/mol. The third-order valence-corrected chi connectivity index (χ3v) is 11.8. The molecule has 0 aromatic carbocycles. The van der Waals surface area contributed by atoms with Gasteiger partial charge in [-0.05, 0) is 97.7 Å². The van der Waals surface area contributed by atoms with Crippen LogP contribution in [0.3, 0.4) is 0 Å². The van der Waals surface area contributed by atoms with Crippen molar-refractivity contribution in [3.63, 3.8) is 0 Å². The lowest BCUT2D eigenvalue weighted by Gasteiger charge is -2.33. The van der Waals surface area contributed by atoms with Gasteiger partial charge in [-0.15, -0.1) is 16.8 Å². The normalized spacial score (nSPS) is 23.4. The molecule has 2 heterocycles. The van der Waals surface area contributed by atoms with Gasteiger partial charge in [0.25, 0.3) is 11.8 Å². The molecule has 308 valence electrons. The number of carbonyl (C=O) groups is 7. The molecule has 3 fully saturated rings. The van der Waals surface area contributed by atoms with Crippen molar-refractivity contribution in [3.8, 4) is 0 Å². The molecular weight excluding hydrogens is 771 g/mol. The first kappa shape index (κ1) is 47.4. The van der Waals surface area contributed by atoms with Crippen LogP contribution in [0.1, 0.15) is 85.5 Å². The fourth-order valence-electron chi connectivity index (χ4n) is 6.39. The Morgan fingerprint density at radius 2 is 1.28 bits per heavy atom. The van der Waals surface area contributed by atoms with Crippen molar-refractivity contribution in [1.29, 1.82) is 0 Å². The van der Waals surface area contributed by atoms with Crippen molar-refractivity contribution in [2.24, 2.45) is 11.8 Å². The summed E-state index contributed by atoms with van der Waals surface area (Å²) in [6, 6.07) is -5.09. The van der Waals surface area contributed by atoms with Gasteiger partial charge in [-0.25, -0.2) is 4.79 Å². The number of halogens is 6. The van der Waals surface area contributed by atoms with Crippen LogP contribution in [0.4, 0.5) is 26.3 Å². The molecule has 0 aromatic rings. The van der Waals surface area contributed by atoms with Gasteiger partial charge < -0.3 is 4.84 Å². The summed E-state index contributed by atoms with van der Waals surface area (Å²) >= 11 is 4.81. The minimum atomic E-state index is -4.55. The van der Waals surface area contributed by atoms with E-state index in [2.05, 4.69) is 12.6 Å². The van der Waals surface area contributed by atoms with Gasteiger partial charge >= 0.3 is 18.3 Å². The Hall–Kier alpha value is -2.71. The zero-order valence-corrected chi connectivity index (χ0v) is 32.9. The van der Waals surface area contributed by atoms with Crippen LogP contribution in [0, 0.1) is 11.8 Å². The second kappa shape index (κ2) is 20.5. The third kappa shape index (κ3) is 13.2. The number of likely N-dealkylation sites (N-methyl/N-ethyl adjacent to an activating group) is 2. The predicted octanol–water partition coefficient (Wildman–Crippen LogP) is 4.64. The van der Waals surface area contributed by atoms with Crippen LogP contribution in [0.15, 0.2) is 0 Å². The zero-order valence-electron chi connectivity index (χ0n) is 31.2. The zero-order chi connectivity index (χ0) is 41.3. The first-order valence-corrected chi connectivity index (χ1v) is 19.3. The highest BCUT2D eigenvalue weighted by Gasteiger charge is 2.46. The standard InChI is InChI=1S/C25H34F3N3O7S.C9H16F3NOS/c1-14(15(2)32)29(3)19(25(26,27)28)10-11-39-18-12-22(35)30(23(18)36)13-16-4-6-17(7-5-16)24(37)38-31-20(33)8-9-21(31)34;1-6(7(2)14)13(3)8(4-5-15)9(10,11)12/h14,16-19H,4-13H2,1-3H3;6,8,15H,4-5H2,1-3H3/t14-,16?,17?,18?,19?;6-,8?/m00/s1. The molecule has 0 aromatic heterocycles. The molecule has 2 aliphatic heterocycles. The quantitative estimate of drug-likeness (QED) is 0.132. The lowest BCUT2D eigenvalue weighted by atomic mass is 9.82. The minimum absolute atomic E-state index is 0.00802. The molecule has 3 aliphatic rings. The summed E-state index contributed by atoms with van der Waals surface area (Å²) < 4.78 is 78.6. The fourth-order valence-corrected chi connectivity index (χ4v) is 7.81. The van der Waals surface area contributed by atoms with Gasteiger partial charge in [0.1, 0.15) is 23.7 Å². The van der Waals surface area contributed by atoms with Crippen LogP contribution in [0.25, 0.3) is 0 Å². The van der Waals surface area contributed by atoms with Gasteiger partial charge in [0, 0.05) is 25.8 Å². The van der Waals surface area contributed by atoms with E-state index in [9.17, 15) is 59.9 Å². The summed E-state index contributed by atoms with van der Waals surface area (Å²) in [5, 5.41) is -0.240. The van der Waals surface area contributed by atoms with Crippen LogP contribution in [0.2, 0.25) is 0 Å². The summed E-state index contributed by atoms with van der Waals surface area (Å²) in [7, 11) is 2.56. The van der Waals surface area contributed by atoms with Gasteiger partial charge in [0.2, 0.25) is 11.8 Å². The van der Waals surface area contributed by atoms with Crippen molar-refractivity contribution in [2.45, 2.75) is 127 Å². The first-order chi connectivity index (χ1) is 24.9. The number of nitrogens with zero attached hydrogens (tertiary/aromatic N) is 4. The molecule has 1 aliphatic carbocycles. The summed E-state index contributed by atoms with van der Waals surface area (Å²) in [5.74, 6) is -3.61. The lowest BCUT2D eigenvalue weighted by molar-refractivity contribution is -0.201. The van der Waals surface area contributed by atoms with Gasteiger partial charge in [-0.2, -0.15) is 39.0 Å². The Bertz CT molecular complexity index is 1360. The lowest BCUT2D eigenvalue weighted by Crippen LogP contribution is -2.50. The minimum Gasteiger partial charge on any atom is -0.330 e. The highest BCUT2D eigenvalue weighted by atomic mass is 32.2. The highest BCUT2D eigenvalue weighted by Crippen LogP contribution is 2.35. The Morgan fingerprint density at radius 3 is 1.70 bits per heavy atom. The SMILES string of the molecule is CC(=O)[C@H](C)N(C)C(CCS)C(F)(F)F.CC(=O)[C@H](C)N(C)C(CCSC1CC(=O)N(CC2CCC(C(=O)ON3C(=O)CCC3=O)CC2)C1=O)C(F)(F)F. The van der Waals surface area contributed by atoms with Gasteiger partial charge in [0.05, 0.1) is 23.3 Å². The molecular formula is C34H50F6N4O8S2. The predicted molar refractivity (Wildman–Crippen MR) is 189 cm³/mol. The van der Waals surface area contributed by atoms with E-state index in [1.807, 2.05) is 0 Å². The van der Waals surface area contributed by atoms with E-state index in [0.29, 0.717) is 30.7 Å². The van der Waals surface area contributed by atoms with Crippen LogP contribution in [0.5, 0.6) is 0 Å². The molecule has 0 spiro atoms. The Labute approximate surface area is 320 Å². The molecule has 0 radical (unpaired) electrons. The number of rotatable bonds is 16. The molecule has 5 atom stereocenters. The number of hydroxylamine groups is 2. The average molecular weight is 821 g/mol. The molecule has 3 rings (SSSR count). The average Bonchev–Trinajstić information content (AvgIpc) is 3.54. The number of amides is 4. The van der Waals surface area contributed by atoms with E-state index in [4.69, 9.17) is 4.84 Å². The van der Waals surface area contributed by atoms with E-state index in [1.165, 1.54) is 41.8 Å². The fraction of sp³-hybridized carbons (Fsp3) is 0.794. The molecule has 0 N–H and O–H groups in total. The van der Waals surface area contributed by atoms with Gasteiger partial charge in [0.15, 0.2) is 0 Å². The second-order valence-electron chi connectivity index (χ2n) is 13.9. The number of imide groups is 2. The van der Waals surface area contributed by atoms with Crippen LogP contribution in [-0.4, -0.2) is 135 Å². The number of hydrogen-bond donors (Lipinski definition) is 1. The van der Waals surface area contributed by atoms with Crippen molar-refractivity contribution in [2.75, 3.05) is 32.1 Å². The third-order valence-electron chi connectivity index (χ3n) is 10.3. The summed E-state index contributed by atoms with van der Waals surface area (Å²) in [6.45, 7) is 5.58. The first-order valence-electron chi connectivity index (χ1n) is 17.6. The summed E-state index contributed by atoms with van der Waals surface area (Å²) in [5.41, 5.74) is 0. The maximum absolute atomic E-state index is 13.6. The van der Waals surface area contributed by atoms with E-state index in [0.717, 1.165) is 26.5 Å². The Morgan fingerprint density at radius 1 is 0.815 bits per heavy atom. The number of alkyl halides is 6. The number of Topliss-reactive ketones (excluding diaryl/α,β-unsaturated/α-hetero) is 2. The summed E-state index contributed by atoms with van der Waals surface area (Å²) in [6.07, 6.45) is -7.47. The van der Waals surface area contributed by atoms with E-state index in [-0.39, 0.29) is 73.5 Å². The van der Waals surface area contributed by atoms with E-state index < -0.39 is 71.4 Å². The number of hydrogen-bond acceptors (Lipinski definition) is 12. The van der Waals surface area contributed by atoms with Crippen LogP contribution >= 0.6 is 24.4 Å². The maximum Gasteiger partial charge on any atom is 0.404 e. The number of thiol groups is 1. The smallest absolute Gasteiger partial charge is 0.330 e. The number of likely N-dealkylation sites (tertiary alicyclic amines) is 1. The van der Waals surface area contributed by atoms with E-state index in [1.54, 1.807) is 0 Å². The molecule has 2 saturated heterocycles. The van der Waals surface area contributed by atoms with Crippen molar-refractivity contribution < 1.29 is 64.7 Å². The largest absolute Gasteiger partial charge is 0.404 e. The molecule has 12 nitrogen and oxygen atoms in total. The maximum atomic E-state index is 13.6. The molecule has 54 heavy (non-hydrogen) atoms. The Kier molecular flexibility index (Phi) is 18.0. The van der Waals surface area contributed by atoms with Crippen molar-refractivity contribution in [1.82, 2.24) is 19.8 Å². The Balaban J connectivity index is 0.000000567.